The average Bonchev–Trinajstić information content (AvgIpc) is 2.40. The second kappa shape index (κ2) is 5.97. The molecule has 20 heavy (non-hydrogen) atoms. The van der Waals surface area contributed by atoms with Crippen molar-refractivity contribution in [3.63, 3.8) is 0 Å². The van der Waals surface area contributed by atoms with Gasteiger partial charge in [0.1, 0.15) is 18.5 Å². The maximum atomic E-state index is 10.2. The monoisotopic (exact) mass is 271 g/mol. The van der Waals surface area contributed by atoms with E-state index in [1.165, 1.54) is 5.56 Å². The zero-order chi connectivity index (χ0) is 14.7. The van der Waals surface area contributed by atoms with Gasteiger partial charge in [0.25, 0.3) is 0 Å². The molecule has 0 spiro atoms. The number of hydrogen-bond acceptors (Lipinski definition) is 3. The first-order chi connectivity index (χ1) is 9.47. The molecule has 0 aliphatic carbocycles. The third-order valence-corrected chi connectivity index (χ3v) is 3.46. The highest BCUT2D eigenvalue weighted by atomic mass is 16.5. The van der Waals surface area contributed by atoms with Crippen LogP contribution in [0.1, 0.15) is 28.4 Å². The van der Waals surface area contributed by atoms with Crippen LogP contribution in [0.25, 0.3) is 0 Å². The van der Waals surface area contributed by atoms with Crippen LogP contribution in [0, 0.1) is 20.8 Å². The lowest BCUT2D eigenvalue weighted by Gasteiger charge is -2.16. The molecule has 0 fully saturated rings. The van der Waals surface area contributed by atoms with E-state index < -0.39 is 6.10 Å². The second-order valence-corrected chi connectivity index (χ2v) is 5.20. The van der Waals surface area contributed by atoms with Gasteiger partial charge in [-0.05, 0) is 61.2 Å². The van der Waals surface area contributed by atoms with Crippen LogP contribution >= 0.6 is 0 Å². The lowest BCUT2D eigenvalue weighted by Crippen LogP contribution is -2.11. The molecule has 2 aromatic rings. The van der Waals surface area contributed by atoms with Crippen LogP contribution in [-0.2, 0) is 0 Å². The molecule has 0 bridgehead atoms. The lowest BCUT2D eigenvalue weighted by molar-refractivity contribution is 0.108. The van der Waals surface area contributed by atoms with E-state index >= 15 is 0 Å². The summed E-state index contributed by atoms with van der Waals surface area (Å²) in [6, 6.07) is 11.4. The van der Waals surface area contributed by atoms with Gasteiger partial charge >= 0.3 is 0 Å². The normalized spacial score (nSPS) is 12.2. The van der Waals surface area contributed by atoms with E-state index in [1.807, 2.05) is 32.0 Å². The summed E-state index contributed by atoms with van der Waals surface area (Å²) >= 11 is 0. The van der Waals surface area contributed by atoms with Gasteiger partial charge in [0.2, 0.25) is 0 Å². The van der Waals surface area contributed by atoms with Crippen molar-refractivity contribution < 1.29 is 9.84 Å². The van der Waals surface area contributed by atoms with E-state index in [4.69, 9.17) is 10.5 Å². The summed E-state index contributed by atoms with van der Waals surface area (Å²) in [4.78, 5) is 0. The number of ether oxygens (including phenoxy) is 1. The Morgan fingerprint density at radius 3 is 2.60 bits per heavy atom. The molecular weight excluding hydrogens is 250 g/mol. The Morgan fingerprint density at radius 2 is 1.90 bits per heavy atom. The van der Waals surface area contributed by atoms with Gasteiger partial charge in [0.05, 0.1) is 0 Å². The number of hydrogen-bond donors (Lipinski definition) is 2. The van der Waals surface area contributed by atoms with Gasteiger partial charge in [-0.1, -0.05) is 18.2 Å². The van der Waals surface area contributed by atoms with E-state index in [-0.39, 0.29) is 6.61 Å². The van der Waals surface area contributed by atoms with Crippen molar-refractivity contribution in [1.82, 2.24) is 0 Å². The Kier molecular flexibility index (Phi) is 4.30. The van der Waals surface area contributed by atoms with Crippen molar-refractivity contribution in [3.05, 3.63) is 58.7 Å². The predicted molar refractivity (Wildman–Crippen MR) is 82.0 cm³/mol. The van der Waals surface area contributed by atoms with Gasteiger partial charge in [0.15, 0.2) is 0 Å². The average molecular weight is 271 g/mol. The summed E-state index contributed by atoms with van der Waals surface area (Å²) in [7, 11) is 0. The van der Waals surface area contributed by atoms with Crippen LogP contribution in [0.3, 0.4) is 0 Å². The number of anilines is 1. The van der Waals surface area contributed by atoms with E-state index in [0.717, 1.165) is 22.4 Å². The summed E-state index contributed by atoms with van der Waals surface area (Å²) in [5.74, 6) is 0.824. The fourth-order valence-corrected chi connectivity index (χ4v) is 2.18. The summed E-state index contributed by atoms with van der Waals surface area (Å²) in [6.07, 6.45) is -0.682. The molecule has 0 aliphatic rings. The highest BCUT2D eigenvalue weighted by Gasteiger charge is 2.10. The van der Waals surface area contributed by atoms with Crippen LogP contribution in [0.2, 0.25) is 0 Å². The van der Waals surface area contributed by atoms with Crippen LogP contribution in [-0.4, -0.2) is 11.7 Å². The van der Waals surface area contributed by atoms with Gasteiger partial charge in [-0.25, -0.2) is 0 Å². The number of aliphatic hydroxyl groups is 1. The van der Waals surface area contributed by atoms with Crippen LogP contribution in [0.4, 0.5) is 5.69 Å². The predicted octanol–water partition coefficient (Wildman–Crippen LogP) is 3.31. The Hall–Kier alpha value is -2.00. The van der Waals surface area contributed by atoms with Gasteiger partial charge in [-0.2, -0.15) is 0 Å². The Labute approximate surface area is 120 Å². The third kappa shape index (κ3) is 3.31. The van der Waals surface area contributed by atoms with E-state index in [1.54, 1.807) is 12.1 Å². The molecular formula is C17H21NO2. The van der Waals surface area contributed by atoms with Crippen molar-refractivity contribution in [2.75, 3.05) is 12.3 Å². The van der Waals surface area contributed by atoms with Crippen molar-refractivity contribution in [2.24, 2.45) is 0 Å². The first-order valence-corrected chi connectivity index (χ1v) is 6.71. The van der Waals surface area contributed by atoms with Crippen LogP contribution < -0.4 is 10.5 Å². The summed E-state index contributed by atoms with van der Waals surface area (Å²) < 4.78 is 5.76. The molecule has 0 saturated carbocycles. The summed E-state index contributed by atoms with van der Waals surface area (Å²) in [6.45, 7) is 6.33. The molecule has 2 aromatic carbocycles. The number of nitrogens with two attached hydrogens (primary N) is 1. The minimum atomic E-state index is -0.682. The molecule has 0 heterocycles. The summed E-state index contributed by atoms with van der Waals surface area (Å²) in [5.41, 5.74) is 10.6. The van der Waals surface area contributed by atoms with Crippen LogP contribution in [0.15, 0.2) is 36.4 Å². The van der Waals surface area contributed by atoms with Crippen molar-refractivity contribution in [1.29, 1.82) is 0 Å². The maximum Gasteiger partial charge on any atom is 0.122 e. The molecule has 0 aliphatic heterocycles. The number of nitrogen functional groups attached to an aromatic ring is 1. The fourth-order valence-electron chi connectivity index (χ4n) is 2.18. The largest absolute Gasteiger partial charge is 0.490 e. The number of benzene rings is 2. The molecule has 2 rings (SSSR count). The van der Waals surface area contributed by atoms with Gasteiger partial charge in [-0.3, -0.25) is 0 Å². The first kappa shape index (κ1) is 14.4. The first-order valence-electron chi connectivity index (χ1n) is 6.71. The molecule has 0 aromatic heterocycles. The molecule has 0 saturated heterocycles. The molecule has 3 heteroatoms. The molecule has 1 atom stereocenters. The minimum absolute atomic E-state index is 0.215. The zero-order valence-electron chi connectivity index (χ0n) is 12.2. The fraction of sp³-hybridized carbons (Fsp3) is 0.294. The molecule has 0 radical (unpaired) electrons. The third-order valence-electron chi connectivity index (χ3n) is 3.46. The molecule has 106 valence electrons. The molecule has 1 unspecified atom stereocenters. The zero-order valence-corrected chi connectivity index (χ0v) is 12.2. The van der Waals surface area contributed by atoms with Gasteiger partial charge < -0.3 is 15.6 Å². The molecule has 3 nitrogen and oxygen atoms in total. The van der Waals surface area contributed by atoms with E-state index in [9.17, 15) is 5.11 Å². The Balaban J connectivity index is 2.09. The second-order valence-electron chi connectivity index (χ2n) is 5.20. The lowest BCUT2D eigenvalue weighted by atomic mass is 10.1. The quantitative estimate of drug-likeness (QED) is 0.839. The van der Waals surface area contributed by atoms with Crippen LogP contribution in [0.5, 0.6) is 5.75 Å². The molecule has 3 N–H and O–H groups in total. The topological polar surface area (TPSA) is 55.5 Å². The maximum absolute atomic E-state index is 10.2. The van der Waals surface area contributed by atoms with Crippen molar-refractivity contribution in [2.45, 2.75) is 26.9 Å². The highest BCUT2D eigenvalue weighted by molar-refractivity contribution is 5.43. The number of aryl methyl sites for hydroxylation is 2. The van der Waals surface area contributed by atoms with Gasteiger partial charge in [0, 0.05) is 5.69 Å². The number of rotatable bonds is 4. The Bertz CT molecular complexity index is 608. The molecule has 0 amide bonds. The smallest absolute Gasteiger partial charge is 0.122 e. The van der Waals surface area contributed by atoms with E-state index in [0.29, 0.717) is 5.69 Å². The standard InChI is InChI=1S/C17H21NO2/c1-11-7-12(2)13(3)17(8-11)20-10-16(19)14-5-4-6-15(18)9-14/h4-9,16,19H,10,18H2,1-3H3. The minimum Gasteiger partial charge on any atom is -0.490 e. The highest BCUT2D eigenvalue weighted by Crippen LogP contribution is 2.25. The summed E-state index contributed by atoms with van der Waals surface area (Å²) in [5, 5.41) is 10.2. The van der Waals surface area contributed by atoms with Crippen molar-refractivity contribution in [3.8, 4) is 5.75 Å². The number of aliphatic hydroxyl groups excluding tert-OH is 1. The van der Waals surface area contributed by atoms with Crippen molar-refractivity contribution >= 4 is 5.69 Å². The Morgan fingerprint density at radius 1 is 1.15 bits per heavy atom. The SMILES string of the molecule is Cc1cc(C)c(C)c(OCC(O)c2cccc(N)c2)c1. The van der Waals surface area contributed by atoms with Gasteiger partial charge in [-0.15, -0.1) is 0 Å². The van der Waals surface area contributed by atoms with E-state index in [2.05, 4.69) is 13.0 Å².